The van der Waals surface area contributed by atoms with Gasteiger partial charge in [0, 0.05) is 17.1 Å². The van der Waals surface area contributed by atoms with Gasteiger partial charge in [0.2, 0.25) is 0 Å². The molecule has 0 radical (unpaired) electrons. The number of hydrogen-bond donors (Lipinski definition) is 0. The second-order valence-electron chi connectivity index (χ2n) is 5.64. The van der Waals surface area contributed by atoms with E-state index in [1.807, 2.05) is 11.8 Å². The maximum absolute atomic E-state index is 13.8. The largest absolute Gasteiger partial charge is 0.335 e. The van der Waals surface area contributed by atoms with Crippen LogP contribution in [0.5, 0.6) is 0 Å². The molecule has 0 aliphatic carbocycles. The number of carbonyl (C=O) groups is 1. The van der Waals surface area contributed by atoms with Crippen LogP contribution in [0, 0.1) is 17.7 Å². The molecule has 2 rings (SSSR count). The highest BCUT2D eigenvalue weighted by Gasteiger charge is 2.33. The number of likely N-dealkylation sites (tertiary alicyclic amines) is 1. The van der Waals surface area contributed by atoms with Gasteiger partial charge in [0.25, 0.3) is 5.91 Å². The molecule has 3 unspecified atom stereocenters. The van der Waals surface area contributed by atoms with Gasteiger partial charge in [0.05, 0.1) is 5.56 Å². The van der Waals surface area contributed by atoms with Crippen LogP contribution in [0.1, 0.15) is 37.6 Å². The van der Waals surface area contributed by atoms with Gasteiger partial charge in [-0.1, -0.05) is 29.8 Å². The molecular formula is C15H19BrFNO. The zero-order valence-electron chi connectivity index (χ0n) is 11.5. The van der Waals surface area contributed by atoms with E-state index in [9.17, 15) is 9.18 Å². The summed E-state index contributed by atoms with van der Waals surface area (Å²) in [7, 11) is 0. The first-order valence-electron chi connectivity index (χ1n) is 6.66. The lowest BCUT2D eigenvalue weighted by atomic mass is 9.85. The Morgan fingerprint density at radius 3 is 2.74 bits per heavy atom. The van der Waals surface area contributed by atoms with Crippen molar-refractivity contribution in [1.82, 2.24) is 4.90 Å². The van der Waals surface area contributed by atoms with Crippen molar-refractivity contribution in [3.05, 3.63) is 34.1 Å². The summed E-state index contributed by atoms with van der Waals surface area (Å²) < 4.78 is 14.6. The number of nitrogens with zero attached hydrogens (tertiary/aromatic N) is 1. The maximum Gasteiger partial charge on any atom is 0.257 e. The fourth-order valence-corrected chi connectivity index (χ4v) is 3.16. The molecule has 104 valence electrons. The Hall–Kier alpha value is -0.900. The molecule has 1 fully saturated rings. The van der Waals surface area contributed by atoms with Crippen LogP contribution in [0.2, 0.25) is 0 Å². The lowest BCUT2D eigenvalue weighted by Gasteiger charge is -2.41. The van der Waals surface area contributed by atoms with Crippen LogP contribution < -0.4 is 0 Å². The molecule has 1 saturated heterocycles. The minimum atomic E-state index is -0.453. The third-order valence-corrected chi connectivity index (χ3v) is 4.51. The van der Waals surface area contributed by atoms with E-state index in [4.69, 9.17) is 0 Å². The van der Waals surface area contributed by atoms with Gasteiger partial charge >= 0.3 is 0 Å². The smallest absolute Gasteiger partial charge is 0.257 e. The van der Waals surface area contributed by atoms with Gasteiger partial charge in [0.1, 0.15) is 5.82 Å². The third kappa shape index (κ3) is 2.99. The maximum atomic E-state index is 13.8. The minimum Gasteiger partial charge on any atom is -0.335 e. The summed E-state index contributed by atoms with van der Waals surface area (Å²) in [5.41, 5.74) is 0.155. The molecule has 19 heavy (non-hydrogen) atoms. The zero-order valence-corrected chi connectivity index (χ0v) is 13.1. The van der Waals surface area contributed by atoms with Gasteiger partial charge in [0.15, 0.2) is 0 Å². The van der Waals surface area contributed by atoms with E-state index in [1.165, 1.54) is 6.07 Å². The van der Waals surface area contributed by atoms with Gasteiger partial charge in [-0.15, -0.1) is 0 Å². The average Bonchev–Trinajstić information content (AvgIpc) is 2.36. The molecule has 4 heteroatoms. The summed E-state index contributed by atoms with van der Waals surface area (Å²) in [6, 6.07) is 4.66. The first kappa shape index (κ1) is 14.5. The van der Waals surface area contributed by atoms with E-state index < -0.39 is 5.82 Å². The van der Waals surface area contributed by atoms with E-state index in [0.29, 0.717) is 18.4 Å². The van der Waals surface area contributed by atoms with Gasteiger partial charge < -0.3 is 4.90 Å². The Kier molecular flexibility index (Phi) is 4.29. The van der Waals surface area contributed by atoms with Gasteiger partial charge in [-0.25, -0.2) is 4.39 Å². The predicted molar refractivity (Wildman–Crippen MR) is 77.5 cm³/mol. The van der Waals surface area contributed by atoms with Crippen molar-refractivity contribution in [1.29, 1.82) is 0 Å². The number of carbonyl (C=O) groups excluding carboxylic acids is 1. The summed E-state index contributed by atoms with van der Waals surface area (Å²) in [6.07, 6.45) is 1.12. The van der Waals surface area contributed by atoms with Crippen molar-refractivity contribution in [3.63, 3.8) is 0 Å². The molecule has 1 amide bonds. The van der Waals surface area contributed by atoms with E-state index >= 15 is 0 Å². The lowest BCUT2D eigenvalue weighted by molar-refractivity contribution is 0.0451. The van der Waals surface area contributed by atoms with E-state index in [-0.39, 0.29) is 17.5 Å². The summed E-state index contributed by atoms with van der Waals surface area (Å²) in [6.45, 7) is 7.04. The molecule has 0 saturated carbocycles. The van der Waals surface area contributed by atoms with Gasteiger partial charge in [-0.2, -0.15) is 0 Å². The number of benzene rings is 1. The second-order valence-corrected chi connectivity index (χ2v) is 6.56. The topological polar surface area (TPSA) is 20.3 Å². The van der Waals surface area contributed by atoms with Crippen molar-refractivity contribution in [2.75, 3.05) is 6.54 Å². The number of rotatable bonds is 1. The highest BCUT2D eigenvalue weighted by atomic mass is 79.9. The van der Waals surface area contributed by atoms with Crippen LogP contribution in [0.15, 0.2) is 22.7 Å². The van der Waals surface area contributed by atoms with E-state index in [0.717, 1.165) is 10.9 Å². The van der Waals surface area contributed by atoms with Crippen molar-refractivity contribution in [2.45, 2.75) is 33.2 Å². The molecule has 0 spiro atoms. The van der Waals surface area contributed by atoms with Crippen molar-refractivity contribution in [2.24, 2.45) is 11.8 Å². The molecule has 0 bridgehead atoms. The lowest BCUT2D eigenvalue weighted by Crippen LogP contribution is -2.49. The monoisotopic (exact) mass is 327 g/mol. The van der Waals surface area contributed by atoms with E-state index in [2.05, 4.69) is 29.8 Å². The number of hydrogen-bond acceptors (Lipinski definition) is 1. The van der Waals surface area contributed by atoms with Crippen LogP contribution in [0.3, 0.4) is 0 Å². The highest BCUT2D eigenvalue weighted by Crippen LogP contribution is 2.29. The Morgan fingerprint density at radius 2 is 2.05 bits per heavy atom. The second kappa shape index (κ2) is 5.61. The van der Waals surface area contributed by atoms with Crippen LogP contribution >= 0.6 is 15.9 Å². The zero-order chi connectivity index (χ0) is 14.2. The summed E-state index contributed by atoms with van der Waals surface area (Å²) in [5.74, 6) is 0.254. The Labute approximate surface area is 122 Å². The number of piperidine rings is 1. The molecule has 1 aromatic rings. The van der Waals surface area contributed by atoms with Crippen LogP contribution in [0.25, 0.3) is 0 Å². The Morgan fingerprint density at radius 1 is 1.37 bits per heavy atom. The van der Waals surface area contributed by atoms with Gasteiger partial charge in [-0.3, -0.25) is 4.79 Å². The molecule has 1 aliphatic rings. The standard InChI is InChI=1S/C15H19BrFNO/c1-9-6-10(2)11(3)18(8-9)15(19)13-7-12(16)4-5-14(13)17/h4-5,7,9-11H,6,8H2,1-3H3. The molecule has 1 aromatic carbocycles. The number of halogens is 2. The molecule has 3 atom stereocenters. The van der Waals surface area contributed by atoms with E-state index in [1.54, 1.807) is 12.1 Å². The van der Waals surface area contributed by atoms with Crippen LogP contribution in [-0.2, 0) is 0 Å². The molecule has 2 nitrogen and oxygen atoms in total. The predicted octanol–water partition coefficient (Wildman–Crippen LogP) is 4.09. The van der Waals surface area contributed by atoms with Crippen molar-refractivity contribution >= 4 is 21.8 Å². The summed E-state index contributed by atoms with van der Waals surface area (Å²) in [5, 5.41) is 0. The van der Waals surface area contributed by atoms with Crippen molar-refractivity contribution < 1.29 is 9.18 Å². The SMILES string of the molecule is CC1CC(C)C(C)N(C(=O)c2cc(Br)ccc2F)C1. The van der Waals surface area contributed by atoms with Gasteiger partial charge in [-0.05, 0) is 43.4 Å². The minimum absolute atomic E-state index is 0.155. The molecule has 0 aromatic heterocycles. The fourth-order valence-electron chi connectivity index (χ4n) is 2.80. The Bertz CT molecular complexity index is 491. The Balaban J connectivity index is 2.30. The average molecular weight is 328 g/mol. The summed E-state index contributed by atoms with van der Waals surface area (Å²) >= 11 is 3.29. The first-order chi connectivity index (χ1) is 8.90. The first-order valence-corrected chi connectivity index (χ1v) is 7.45. The highest BCUT2D eigenvalue weighted by molar-refractivity contribution is 9.10. The van der Waals surface area contributed by atoms with Crippen LogP contribution in [-0.4, -0.2) is 23.4 Å². The molecule has 0 N–H and O–H groups in total. The van der Waals surface area contributed by atoms with Crippen molar-refractivity contribution in [3.8, 4) is 0 Å². The molecule has 1 heterocycles. The quantitative estimate of drug-likeness (QED) is 0.760. The normalized spacial score (nSPS) is 27.4. The summed E-state index contributed by atoms with van der Waals surface area (Å²) in [4.78, 5) is 14.3. The number of amides is 1. The molecular weight excluding hydrogens is 309 g/mol. The fraction of sp³-hybridized carbons (Fsp3) is 0.533. The van der Waals surface area contributed by atoms with Crippen LogP contribution in [0.4, 0.5) is 4.39 Å². The third-order valence-electron chi connectivity index (χ3n) is 4.02. The molecule has 1 aliphatic heterocycles.